The number of nitrogens with one attached hydrogen (secondary N) is 1. The molecule has 0 aromatic carbocycles. The lowest BCUT2D eigenvalue weighted by molar-refractivity contribution is -0.108. The Hall–Kier alpha value is -0.410. The van der Waals surface area contributed by atoms with Gasteiger partial charge < -0.3 is 9.53 Å². The molecule has 1 rings (SSSR count). The van der Waals surface area contributed by atoms with Crippen LogP contribution in [-0.2, 0) is 9.53 Å². The molecule has 1 aliphatic heterocycles. The maximum Gasteiger partial charge on any atom is 0.121 e. The predicted octanol–water partition coefficient (Wildman–Crippen LogP) is -0.479. The van der Waals surface area contributed by atoms with Crippen molar-refractivity contribution >= 4 is 6.29 Å². The van der Waals surface area contributed by atoms with Gasteiger partial charge >= 0.3 is 0 Å². The fourth-order valence-corrected chi connectivity index (χ4v) is 0.704. The van der Waals surface area contributed by atoms with Crippen LogP contribution in [0, 0.1) is 0 Å². The van der Waals surface area contributed by atoms with Crippen molar-refractivity contribution in [3.8, 4) is 0 Å². The highest BCUT2D eigenvalue weighted by molar-refractivity contribution is 5.50. The number of aldehydes is 1. The first-order valence-corrected chi connectivity index (χ1v) is 2.68. The number of hydrogen-bond donors (Lipinski definition) is 1. The van der Waals surface area contributed by atoms with Gasteiger partial charge in [0.15, 0.2) is 0 Å². The molecule has 1 aliphatic rings. The van der Waals surface area contributed by atoms with Crippen molar-refractivity contribution in [2.45, 2.75) is 12.5 Å². The van der Waals surface area contributed by atoms with Gasteiger partial charge in [-0.3, -0.25) is 5.32 Å². The summed E-state index contributed by atoms with van der Waals surface area (Å²) in [4.78, 5) is 9.87. The van der Waals surface area contributed by atoms with Crippen LogP contribution >= 0.6 is 0 Å². The first-order valence-electron chi connectivity index (χ1n) is 2.68. The lowest BCUT2D eigenvalue weighted by atomic mass is 10.2. The van der Waals surface area contributed by atoms with Crippen molar-refractivity contribution in [3.63, 3.8) is 0 Å². The summed E-state index contributed by atoms with van der Waals surface area (Å²) in [5.41, 5.74) is 0. The summed E-state index contributed by atoms with van der Waals surface area (Å²) >= 11 is 0. The average Bonchev–Trinajstić information content (AvgIpc) is 2.19. The van der Waals surface area contributed by atoms with Crippen molar-refractivity contribution in [2.24, 2.45) is 0 Å². The van der Waals surface area contributed by atoms with Crippen molar-refractivity contribution in [1.29, 1.82) is 0 Å². The van der Waals surface area contributed by atoms with Gasteiger partial charge in [0, 0.05) is 12.5 Å². The SMILES string of the molecule is O=CCC1COCN1. The Bertz CT molecular complexity index is 78.5. The van der Waals surface area contributed by atoms with E-state index >= 15 is 0 Å². The largest absolute Gasteiger partial charge is 0.365 e. The number of ether oxygens (including phenoxy) is 1. The summed E-state index contributed by atoms with van der Waals surface area (Å²) in [6, 6.07) is 0.271. The zero-order chi connectivity index (χ0) is 5.82. The predicted molar refractivity (Wildman–Crippen MR) is 28.4 cm³/mol. The van der Waals surface area contributed by atoms with Gasteiger partial charge in [0.05, 0.1) is 13.3 Å². The summed E-state index contributed by atoms with van der Waals surface area (Å²) in [6.07, 6.45) is 1.48. The molecule has 1 atom stereocenters. The molecule has 1 unspecified atom stereocenters. The molecule has 0 bridgehead atoms. The number of hydrogen-bond acceptors (Lipinski definition) is 3. The molecule has 0 amide bonds. The minimum atomic E-state index is 0.271. The number of carbonyl (C=O) groups is 1. The number of carbonyl (C=O) groups excluding carboxylic acids is 1. The molecule has 1 N–H and O–H groups in total. The fourth-order valence-electron chi connectivity index (χ4n) is 0.704. The monoisotopic (exact) mass is 115 g/mol. The van der Waals surface area contributed by atoms with Gasteiger partial charge in [-0.1, -0.05) is 0 Å². The molecule has 1 fully saturated rings. The van der Waals surface area contributed by atoms with E-state index in [1.807, 2.05) is 0 Å². The van der Waals surface area contributed by atoms with Gasteiger partial charge in [-0.2, -0.15) is 0 Å². The molecule has 0 spiro atoms. The highest BCUT2D eigenvalue weighted by Crippen LogP contribution is 1.95. The maximum atomic E-state index is 9.87. The Balaban J connectivity index is 2.14. The third kappa shape index (κ3) is 1.28. The summed E-state index contributed by atoms with van der Waals surface area (Å²) in [5, 5.41) is 3.00. The molecule has 46 valence electrons. The van der Waals surface area contributed by atoms with E-state index < -0.39 is 0 Å². The molecule has 3 heteroatoms. The van der Waals surface area contributed by atoms with Crippen LogP contribution in [0.25, 0.3) is 0 Å². The van der Waals surface area contributed by atoms with Gasteiger partial charge in [0.2, 0.25) is 0 Å². The molecule has 3 nitrogen and oxygen atoms in total. The maximum absolute atomic E-state index is 9.87. The lowest BCUT2D eigenvalue weighted by Crippen LogP contribution is -2.23. The van der Waals surface area contributed by atoms with Crippen LogP contribution in [0.4, 0.5) is 0 Å². The third-order valence-electron chi connectivity index (χ3n) is 1.17. The molecule has 0 saturated carbocycles. The van der Waals surface area contributed by atoms with Crippen LogP contribution in [0.5, 0.6) is 0 Å². The van der Waals surface area contributed by atoms with E-state index in [2.05, 4.69) is 5.32 Å². The molecular weight excluding hydrogens is 106 g/mol. The summed E-state index contributed by atoms with van der Waals surface area (Å²) in [5.74, 6) is 0. The smallest absolute Gasteiger partial charge is 0.121 e. The van der Waals surface area contributed by atoms with Crippen LogP contribution in [0.1, 0.15) is 6.42 Å². The molecule has 1 saturated heterocycles. The summed E-state index contributed by atoms with van der Waals surface area (Å²) in [7, 11) is 0. The van der Waals surface area contributed by atoms with E-state index in [1.165, 1.54) is 0 Å². The Labute approximate surface area is 48.0 Å². The van der Waals surface area contributed by atoms with Crippen LogP contribution < -0.4 is 5.32 Å². The summed E-state index contributed by atoms with van der Waals surface area (Å²) in [6.45, 7) is 1.28. The van der Waals surface area contributed by atoms with Crippen molar-refractivity contribution in [3.05, 3.63) is 0 Å². The first-order chi connectivity index (χ1) is 3.93. The zero-order valence-corrected chi connectivity index (χ0v) is 4.59. The van der Waals surface area contributed by atoms with Crippen LogP contribution in [0.2, 0.25) is 0 Å². The Morgan fingerprint density at radius 2 is 2.75 bits per heavy atom. The van der Waals surface area contributed by atoms with E-state index in [0.29, 0.717) is 19.8 Å². The standard InChI is InChI=1S/C5H9NO2/c7-2-1-5-3-8-4-6-5/h2,5-6H,1,3-4H2. The lowest BCUT2D eigenvalue weighted by Gasteiger charge is -1.98. The van der Waals surface area contributed by atoms with Crippen molar-refractivity contribution in [1.82, 2.24) is 5.32 Å². The molecular formula is C5H9NO2. The van der Waals surface area contributed by atoms with Gasteiger partial charge in [-0.15, -0.1) is 0 Å². The normalized spacial score (nSPS) is 28.2. The molecule has 8 heavy (non-hydrogen) atoms. The highest BCUT2D eigenvalue weighted by atomic mass is 16.5. The van der Waals surface area contributed by atoms with Gasteiger partial charge in [-0.25, -0.2) is 0 Å². The first kappa shape index (κ1) is 5.72. The van der Waals surface area contributed by atoms with E-state index in [1.54, 1.807) is 0 Å². The zero-order valence-electron chi connectivity index (χ0n) is 4.59. The van der Waals surface area contributed by atoms with E-state index in [0.717, 1.165) is 6.29 Å². The van der Waals surface area contributed by atoms with Crippen molar-refractivity contribution < 1.29 is 9.53 Å². The second-order valence-electron chi connectivity index (χ2n) is 1.82. The Morgan fingerprint density at radius 3 is 3.25 bits per heavy atom. The second-order valence-corrected chi connectivity index (χ2v) is 1.82. The topological polar surface area (TPSA) is 38.3 Å². The van der Waals surface area contributed by atoms with Gasteiger partial charge in [-0.05, 0) is 0 Å². The van der Waals surface area contributed by atoms with Gasteiger partial charge in [0.1, 0.15) is 6.29 Å². The van der Waals surface area contributed by atoms with Crippen LogP contribution in [0.15, 0.2) is 0 Å². The van der Waals surface area contributed by atoms with E-state index in [4.69, 9.17) is 4.74 Å². The minimum absolute atomic E-state index is 0.271. The molecule has 0 radical (unpaired) electrons. The summed E-state index contributed by atoms with van der Waals surface area (Å²) < 4.78 is 4.94. The van der Waals surface area contributed by atoms with Gasteiger partial charge in [0.25, 0.3) is 0 Å². The molecule has 0 aliphatic carbocycles. The van der Waals surface area contributed by atoms with E-state index in [-0.39, 0.29) is 6.04 Å². The van der Waals surface area contributed by atoms with E-state index in [9.17, 15) is 4.79 Å². The van der Waals surface area contributed by atoms with Crippen LogP contribution in [-0.4, -0.2) is 25.7 Å². The molecule has 0 aromatic rings. The van der Waals surface area contributed by atoms with Crippen LogP contribution in [0.3, 0.4) is 0 Å². The highest BCUT2D eigenvalue weighted by Gasteiger charge is 2.12. The Morgan fingerprint density at radius 1 is 1.88 bits per heavy atom. The minimum Gasteiger partial charge on any atom is -0.365 e. The Kier molecular flexibility index (Phi) is 2.00. The van der Waals surface area contributed by atoms with Crippen molar-refractivity contribution in [2.75, 3.05) is 13.3 Å². The molecule has 0 aromatic heterocycles. The third-order valence-corrected chi connectivity index (χ3v) is 1.17. The number of rotatable bonds is 2. The average molecular weight is 115 g/mol. The fraction of sp³-hybridized carbons (Fsp3) is 0.800. The quantitative estimate of drug-likeness (QED) is 0.494. The second kappa shape index (κ2) is 2.79. The molecule has 1 heterocycles.